The van der Waals surface area contributed by atoms with E-state index in [2.05, 4.69) is 4.98 Å². The first kappa shape index (κ1) is 14.8. The number of carbonyl (C=O) groups is 1. The number of aromatic amines is 1. The second-order valence-electron chi connectivity index (χ2n) is 5.66. The van der Waals surface area contributed by atoms with Gasteiger partial charge in [0.15, 0.2) is 5.43 Å². The van der Waals surface area contributed by atoms with Crippen molar-refractivity contribution in [2.24, 2.45) is 11.7 Å². The molecule has 1 heterocycles. The molecular weight excluding hydrogens is 254 g/mol. The van der Waals surface area contributed by atoms with Crippen molar-refractivity contribution < 1.29 is 4.79 Å². The van der Waals surface area contributed by atoms with Crippen LogP contribution in [0.3, 0.4) is 0 Å². The molecule has 0 saturated heterocycles. The molecule has 1 saturated carbocycles. The van der Waals surface area contributed by atoms with E-state index >= 15 is 0 Å². The lowest BCUT2D eigenvalue weighted by molar-refractivity contribution is 0.0618. The second kappa shape index (κ2) is 6.22. The van der Waals surface area contributed by atoms with E-state index in [0.29, 0.717) is 12.5 Å². The molecule has 3 N–H and O–H groups in total. The predicted molar refractivity (Wildman–Crippen MR) is 78.7 cm³/mol. The molecule has 1 aromatic rings. The summed E-state index contributed by atoms with van der Waals surface area (Å²) in [5.41, 5.74) is 6.55. The lowest BCUT2D eigenvalue weighted by atomic mass is 9.83. The molecule has 1 aromatic heterocycles. The Kier molecular flexibility index (Phi) is 4.60. The normalized spacial score (nSPS) is 22.6. The number of hydrogen-bond acceptors (Lipinski definition) is 3. The van der Waals surface area contributed by atoms with Crippen molar-refractivity contribution in [3.8, 4) is 0 Å². The number of nitrogens with one attached hydrogen (secondary N) is 1. The van der Waals surface area contributed by atoms with Gasteiger partial charge in [0.2, 0.25) is 0 Å². The van der Waals surface area contributed by atoms with Gasteiger partial charge >= 0.3 is 0 Å². The number of carbonyl (C=O) groups excluding carboxylic acids is 1. The first-order chi connectivity index (χ1) is 9.54. The summed E-state index contributed by atoms with van der Waals surface area (Å²) in [5, 5.41) is 0. The Morgan fingerprint density at radius 3 is 2.80 bits per heavy atom. The third kappa shape index (κ3) is 2.93. The Morgan fingerprint density at radius 1 is 1.45 bits per heavy atom. The number of nitrogens with two attached hydrogens (primary N) is 1. The second-order valence-corrected chi connectivity index (χ2v) is 5.66. The van der Waals surface area contributed by atoms with Crippen molar-refractivity contribution in [2.45, 2.75) is 38.6 Å². The van der Waals surface area contributed by atoms with E-state index in [1.54, 1.807) is 18.9 Å². The van der Waals surface area contributed by atoms with Crippen LogP contribution in [0.1, 0.15) is 41.7 Å². The molecule has 110 valence electrons. The van der Waals surface area contributed by atoms with Crippen LogP contribution >= 0.6 is 0 Å². The van der Waals surface area contributed by atoms with E-state index in [-0.39, 0.29) is 22.9 Å². The molecule has 1 aliphatic carbocycles. The van der Waals surface area contributed by atoms with Crippen LogP contribution in [0.15, 0.2) is 17.1 Å². The van der Waals surface area contributed by atoms with Crippen LogP contribution < -0.4 is 11.2 Å². The number of hydrogen-bond donors (Lipinski definition) is 2. The minimum absolute atomic E-state index is 0.141. The zero-order valence-corrected chi connectivity index (χ0v) is 12.2. The van der Waals surface area contributed by atoms with Gasteiger partial charge in [0.05, 0.1) is 0 Å². The zero-order valence-electron chi connectivity index (χ0n) is 12.2. The van der Waals surface area contributed by atoms with Gasteiger partial charge in [0, 0.05) is 31.0 Å². The van der Waals surface area contributed by atoms with E-state index in [1.165, 1.54) is 18.7 Å². The van der Waals surface area contributed by atoms with Crippen molar-refractivity contribution >= 4 is 5.91 Å². The fraction of sp³-hybridized carbons (Fsp3) is 0.600. The van der Waals surface area contributed by atoms with Crippen LogP contribution in [0.4, 0.5) is 0 Å². The van der Waals surface area contributed by atoms with Crippen LogP contribution in [-0.4, -0.2) is 35.4 Å². The van der Waals surface area contributed by atoms with Crippen molar-refractivity contribution in [2.75, 3.05) is 13.6 Å². The third-order valence-corrected chi connectivity index (χ3v) is 4.28. The monoisotopic (exact) mass is 277 g/mol. The Hall–Kier alpha value is -1.62. The van der Waals surface area contributed by atoms with Crippen LogP contribution in [-0.2, 0) is 0 Å². The molecule has 1 amide bonds. The topological polar surface area (TPSA) is 79.2 Å². The molecule has 0 aromatic carbocycles. The number of aromatic nitrogens is 1. The molecule has 2 unspecified atom stereocenters. The Labute approximate surface area is 119 Å². The van der Waals surface area contributed by atoms with Gasteiger partial charge in [-0.3, -0.25) is 9.59 Å². The van der Waals surface area contributed by atoms with E-state index in [0.717, 1.165) is 25.0 Å². The maximum absolute atomic E-state index is 12.5. The molecule has 2 rings (SSSR count). The molecule has 0 radical (unpaired) electrons. The van der Waals surface area contributed by atoms with Gasteiger partial charge in [-0.25, -0.2) is 0 Å². The number of aryl methyl sites for hydroxylation is 1. The van der Waals surface area contributed by atoms with Gasteiger partial charge in [0.1, 0.15) is 5.56 Å². The quantitative estimate of drug-likeness (QED) is 0.873. The van der Waals surface area contributed by atoms with E-state index < -0.39 is 0 Å². The standard InChI is InChI=1S/C15H23N3O2/c1-10-7-14(19)12(9-17-10)15(20)18(2)13-6-4-3-5-11(13)8-16/h7,9,11,13H,3-6,8,16H2,1-2H3,(H,17,19). The van der Waals surface area contributed by atoms with E-state index in [9.17, 15) is 9.59 Å². The fourth-order valence-electron chi connectivity index (χ4n) is 3.05. The van der Waals surface area contributed by atoms with Crippen LogP contribution in [0, 0.1) is 12.8 Å². The Bertz CT molecular complexity index is 538. The summed E-state index contributed by atoms with van der Waals surface area (Å²) in [6, 6.07) is 1.60. The average Bonchev–Trinajstić information content (AvgIpc) is 2.45. The first-order valence-electron chi connectivity index (χ1n) is 7.21. The average molecular weight is 277 g/mol. The van der Waals surface area contributed by atoms with Gasteiger partial charge in [-0.1, -0.05) is 12.8 Å². The largest absolute Gasteiger partial charge is 0.364 e. The van der Waals surface area contributed by atoms with Gasteiger partial charge < -0.3 is 15.6 Å². The minimum atomic E-state index is -0.224. The Balaban J connectivity index is 2.21. The summed E-state index contributed by atoms with van der Waals surface area (Å²) < 4.78 is 0. The number of amides is 1. The highest BCUT2D eigenvalue weighted by molar-refractivity contribution is 5.93. The molecule has 5 heteroatoms. The molecular formula is C15H23N3O2. The minimum Gasteiger partial charge on any atom is -0.364 e. The van der Waals surface area contributed by atoms with Crippen molar-refractivity contribution in [3.05, 3.63) is 33.7 Å². The first-order valence-corrected chi connectivity index (χ1v) is 7.21. The molecule has 2 atom stereocenters. The summed E-state index contributed by atoms with van der Waals surface area (Å²) in [6.45, 7) is 2.39. The number of rotatable bonds is 3. The molecule has 1 fully saturated rings. The molecule has 0 spiro atoms. The van der Waals surface area contributed by atoms with Crippen molar-refractivity contribution in [3.63, 3.8) is 0 Å². The molecule has 0 aliphatic heterocycles. The van der Waals surface area contributed by atoms with Crippen molar-refractivity contribution in [1.29, 1.82) is 0 Å². The lowest BCUT2D eigenvalue weighted by Gasteiger charge is -2.37. The summed E-state index contributed by atoms with van der Waals surface area (Å²) in [7, 11) is 1.78. The number of H-pyrrole nitrogens is 1. The van der Waals surface area contributed by atoms with Gasteiger partial charge in [-0.2, -0.15) is 0 Å². The summed E-state index contributed by atoms with van der Waals surface area (Å²) >= 11 is 0. The predicted octanol–water partition coefficient (Wildman–Crippen LogP) is 1.27. The molecule has 20 heavy (non-hydrogen) atoms. The lowest BCUT2D eigenvalue weighted by Crippen LogP contribution is -2.46. The number of nitrogens with zero attached hydrogens (tertiary/aromatic N) is 1. The molecule has 0 bridgehead atoms. The summed E-state index contributed by atoms with van der Waals surface area (Å²) in [6.07, 6.45) is 5.82. The van der Waals surface area contributed by atoms with E-state index in [1.807, 2.05) is 0 Å². The molecule has 1 aliphatic rings. The highest BCUT2D eigenvalue weighted by atomic mass is 16.2. The maximum atomic E-state index is 12.5. The van der Waals surface area contributed by atoms with Crippen LogP contribution in [0.2, 0.25) is 0 Å². The SMILES string of the molecule is Cc1cc(=O)c(C(=O)N(C)C2CCCCC2CN)c[nH]1. The fourth-order valence-corrected chi connectivity index (χ4v) is 3.05. The van der Waals surface area contributed by atoms with Crippen LogP contribution in [0.5, 0.6) is 0 Å². The van der Waals surface area contributed by atoms with Gasteiger partial charge in [-0.05, 0) is 32.2 Å². The maximum Gasteiger partial charge on any atom is 0.259 e. The molecule has 5 nitrogen and oxygen atoms in total. The van der Waals surface area contributed by atoms with Crippen LogP contribution in [0.25, 0.3) is 0 Å². The Morgan fingerprint density at radius 2 is 2.15 bits per heavy atom. The highest BCUT2D eigenvalue weighted by Gasteiger charge is 2.30. The number of pyridine rings is 1. The zero-order chi connectivity index (χ0) is 14.7. The smallest absolute Gasteiger partial charge is 0.259 e. The summed E-state index contributed by atoms with van der Waals surface area (Å²) in [5.74, 6) is 0.124. The third-order valence-electron chi connectivity index (χ3n) is 4.28. The summed E-state index contributed by atoms with van der Waals surface area (Å²) in [4.78, 5) is 29.1. The van der Waals surface area contributed by atoms with Crippen molar-refractivity contribution in [1.82, 2.24) is 9.88 Å². The van der Waals surface area contributed by atoms with Gasteiger partial charge in [0.25, 0.3) is 5.91 Å². The van der Waals surface area contributed by atoms with Gasteiger partial charge in [-0.15, -0.1) is 0 Å². The van der Waals surface area contributed by atoms with E-state index in [4.69, 9.17) is 5.73 Å². The highest BCUT2D eigenvalue weighted by Crippen LogP contribution is 2.27.